The third-order valence-electron chi connectivity index (χ3n) is 8.84. The fraction of sp³-hybridized carbons (Fsp3) is 0.727. The quantitative estimate of drug-likeness (QED) is 0.873. The first-order valence-electron chi connectivity index (χ1n) is 9.90. The minimum atomic E-state index is -0.457. The summed E-state index contributed by atoms with van der Waals surface area (Å²) in [7, 11) is 1.76. The van der Waals surface area contributed by atoms with E-state index in [0.29, 0.717) is 11.8 Å². The summed E-state index contributed by atoms with van der Waals surface area (Å²) in [6.45, 7) is 4.72. The van der Waals surface area contributed by atoms with Gasteiger partial charge in [-0.3, -0.25) is 0 Å². The maximum Gasteiger partial charge on any atom is 0.119 e. The average Bonchev–Trinajstić information content (AvgIpc) is 2.92. The fourth-order valence-corrected chi connectivity index (χ4v) is 8.11. The highest BCUT2D eigenvalue weighted by molar-refractivity contribution is 5.46. The molecule has 1 aromatic carbocycles. The fourth-order valence-electron chi connectivity index (χ4n) is 8.11. The number of rotatable bonds is 3. The predicted molar refractivity (Wildman–Crippen MR) is 95.3 cm³/mol. The molecule has 0 aliphatic heterocycles. The van der Waals surface area contributed by atoms with E-state index in [0.717, 1.165) is 24.5 Å². The van der Waals surface area contributed by atoms with Gasteiger partial charge in [-0.1, -0.05) is 26.3 Å². The van der Waals surface area contributed by atoms with Crippen LogP contribution in [0.25, 0.3) is 0 Å². The zero-order valence-electron chi connectivity index (χ0n) is 15.3. The Balaban J connectivity index is 1.74. The van der Waals surface area contributed by atoms with Crippen LogP contribution in [0.15, 0.2) is 18.2 Å². The van der Waals surface area contributed by atoms with Crippen LogP contribution in [0.3, 0.4) is 0 Å². The van der Waals surface area contributed by atoms with Gasteiger partial charge in [-0.25, -0.2) is 0 Å². The third kappa shape index (κ3) is 1.41. The van der Waals surface area contributed by atoms with Gasteiger partial charge < -0.3 is 9.84 Å². The molecule has 0 heterocycles. The average molecular weight is 326 g/mol. The van der Waals surface area contributed by atoms with Gasteiger partial charge in [0.25, 0.3) is 0 Å². The van der Waals surface area contributed by atoms with Gasteiger partial charge in [-0.2, -0.15) is 0 Å². The summed E-state index contributed by atoms with van der Waals surface area (Å²) < 4.78 is 5.51. The Hall–Kier alpha value is -1.02. The Morgan fingerprint density at radius 3 is 2.83 bits per heavy atom. The number of hydrogen-bond donors (Lipinski definition) is 1. The lowest BCUT2D eigenvalue weighted by atomic mass is 9.51. The second kappa shape index (κ2) is 4.58. The van der Waals surface area contributed by atoms with Gasteiger partial charge in [-0.15, -0.1) is 0 Å². The second-order valence-electron chi connectivity index (χ2n) is 9.24. The largest absolute Gasteiger partial charge is 0.497 e. The van der Waals surface area contributed by atoms with Gasteiger partial charge in [0.05, 0.1) is 12.7 Å². The molecule has 3 fully saturated rings. The van der Waals surface area contributed by atoms with Gasteiger partial charge in [0.1, 0.15) is 5.75 Å². The molecule has 24 heavy (non-hydrogen) atoms. The molecule has 6 atom stereocenters. The lowest BCUT2D eigenvalue weighted by molar-refractivity contribution is -0.135. The Labute approximate surface area is 145 Å². The number of hydrogen-bond acceptors (Lipinski definition) is 2. The van der Waals surface area contributed by atoms with Crippen molar-refractivity contribution in [3.05, 3.63) is 29.3 Å². The smallest absolute Gasteiger partial charge is 0.119 e. The van der Waals surface area contributed by atoms with E-state index in [1.807, 2.05) is 0 Å². The molecule has 4 aliphatic carbocycles. The van der Waals surface area contributed by atoms with Crippen molar-refractivity contribution < 1.29 is 9.84 Å². The third-order valence-corrected chi connectivity index (χ3v) is 8.84. The maximum absolute atomic E-state index is 12.1. The minimum Gasteiger partial charge on any atom is -0.497 e. The minimum absolute atomic E-state index is 0.0972. The second-order valence-corrected chi connectivity index (χ2v) is 9.24. The summed E-state index contributed by atoms with van der Waals surface area (Å²) in [6, 6.07) is 6.72. The molecule has 2 heteroatoms. The summed E-state index contributed by atoms with van der Waals surface area (Å²) in [5.74, 6) is 3.03. The van der Waals surface area contributed by atoms with E-state index in [1.165, 1.54) is 37.7 Å². The molecule has 1 aromatic rings. The molecule has 4 unspecified atom stereocenters. The van der Waals surface area contributed by atoms with Gasteiger partial charge in [-0.05, 0) is 79.5 Å². The van der Waals surface area contributed by atoms with E-state index in [2.05, 4.69) is 32.0 Å². The molecule has 0 amide bonds. The van der Waals surface area contributed by atoms with Crippen LogP contribution in [0.4, 0.5) is 0 Å². The van der Waals surface area contributed by atoms with Crippen LogP contribution in [0.5, 0.6) is 5.75 Å². The van der Waals surface area contributed by atoms with Gasteiger partial charge in [0.2, 0.25) is 0 Å². The first-order chi connectivity index (χ1) is 11.5. The molecule has 1 N–H and O–H groups in total. The lowest BCUT2D eigenvalue weighted by Gasteiger charge is -2.54. The van der Waals surface area contributed by atoms with Crippen LogP contribution in [-0.4, -0.2) is 17.8 Å². The normalized spacial score (nSPS) is 47.6. The van der Waals surface area contributed by atoms with Crippen LogP contribution in [0.2, 0.25) is 0 Å². The Morgan fingerprint density at radius 1 is 1.25 bits per heavy atom. The molecule has 5 rings (SSSR count). The van der Waals surface area contributed by atoms with Crippen molar-refractivity contribution in [2.24, 2.45) is 22.7 Å². The molecular weight excluding hydrogens is 296 g/mol. The number of benzene rings is 1. The van der Waals surface area contributed by atoms with Crippen molar-refractivity contribution >= 4 is 0 Å². The van der Waals surface area contributed by atoms with Crippen LogP contribution in [0.1, 0.15) is 69.4 Å². The molecule has 4 aliphatic rings. The van der Waals surface area contributed by atoms with Crippen LogP contribution in [-0.2, 0) is 6.42 Å². The van der Waals surface area contributed by atoms with E-state index >= 15 is 0 Å². The molecular formula is C22H30O2. The zero-order valence-corrected chi connectivity index (χ0v) is 15.3. The van der Waals surface area contributed by atoms with Crippen molar-refractivity contribution in [2.75, 3.05) is 7.11 Å². The molecule has 0 saturated heterocycles. The number of ether oxygens (including phenoxy) is 1. The molecule has 2 nitrogen and oxygen atoms in total. The summed E-state index contributed by atoms with van der Waals surface area (Å²) in [4.78, 5) is 0. The number of aliphatic hydroxyl groups is 1. The van der Waals surface area contributed by atoms with E-state index in [-0.39, 0.29) is 10.8 Å². The highest BCUT2D eigenvalue weighted by atomic mass is 16.5. The molecule has 0 aromatic heterocycles. The predicted octanol–water partition coefficient (Wildman–Crippen LogP) is 4.69. The van der Waals surface area contributed by atoms with Crippen molar-refractivity contribution in [3.63, 3.8) is 0 Å². The zero-order chi connectivity index (χ0) is 16.7. The molecule has 0 radical (unpaired) electrons. The molecule has 130 valence electrons. The van der Waals surface area contributed by atoms with Crippen molar-refractivity contribution in [2.45, 2.75) is 70.3 Å². The van der Waals surface area contributed by atoms with E-state index in [9.17, 15) is 5.11 Å². The monoisotopic (exact) mass is 326 g/mol. The molecule has 0 spiro atoms. The number of fused-ring (bicyclic) bond motifs is 3. The topological polar surface area (TPSA) is 29.5 Å². The summed E-state index contributed by atoms with van der Waals surface area (Å²) in [5.41, 5.74) is 2.80. The molecule has 3 saturated carbocycles. The van der Waals surface area contributed by atoms with E-state index in [4.69, 9.17) is 4.74 Å². The Kier molecular flexibility index (Phi) is 2.91. The van der Waals surface area contributed by atoms with Gasteiger partial charge in [0.15, 0.2) is 0 Å². The summed E-state index contributed by atoms with van der Waals surface area (Å²) >= 11 is 0. The van der Waals surface area contributed by atoms with E-state index in [1.54, 1.807) is 12.7 Å². The van der Waals surface area contributed by atoms with Crippen molar-refractivity contribution in [1.29, 1.82) is 0 Å². The highest BCUT2D eigenvalue weighted by Crippen LogP contribution is 2.80. The molecule has 4 bridgehead atoms. The van der Waals surface area contributed by atoms with Crippen molar-refractivity contribution in [3.8, 4) is 5.75 Å². The first kappa shape index (κ1) is 15.3. The summed E-state index contributed by atoms with van der Waals surface area (Å²) in [6.07, 6.45) is 8.12. The van der Waals surface area contributed by atoms with Crippen LogP contribution in [0, 0.1) is 22.7 Å². The standard InChI is InChI=1S/C22H30O2/c1-4-9-21-13-14-12-15(24-3)5-6-16(14)17-7-10-20(2)18(19(17)21)8-11-22(20,21)23/h5-6,12,17-19,23H,4,7-11,13H2,1-3H3/t17-,18?,19?,20+,21?,22?/m1/s1. The summed E-state index contributed by atoms with van der Waals surface area (Å²) in [5, 5.41) is 12.1. The van der Waals surface area contributed by atoms with E-state index < -0.39 is 5.60 Å². The first-order valence-corrected chi connectivity index (χ1v) is 9.90. The Bertz CT molecular complexity index is 697. The SMILES string of the molecule is CCCC12Cc3cc(OC)ccc3[C@H]3CC[C@@]4(C)C(CCC14O)C32. The lowest BCUT2D eigenvalue weighted by Crippen LogP contribution is -2.55. The van der Waals surface area contributed by atoms with Gasteiger partial charge in [0, 0.05) is 10.8 Å². The van der Waals surface area contributed by atoms with Gasteiger partial charge >= 0.3 is 0 Å². The number of methoxy groups -OCH3 is 1. The van der Waals surface area contributed by atoms with Crippen LogP contribution < -0.4 is 4.74 Å². The maximum atomic E-state index is 12.1. The highest BCUT2D eigenvalue weighted by Gasteiger charge is 2.79. The van der Waals surface area contributed by atoms with Crippen LogP contribution >= 0.6 is 0 Å². The Morgan fingerprint density at radius 2 is 2.08 bits per heavy atom. The van der Waals surface area contributed by atoms with Crippen molar-refractivity contribution in [1.82, 2.24) is 0 Å².